The van der Waals surface area contributed by atoms with Gasteiger partial charge in [0.1, 0.15) is 23.5 Å². The molecule has 5 rings (SSSR count). The number of esters is 1. The summed E-state index contributed by atoms with van der Waals surface area (Å²) in [5, 5.41) is 3.31. The normalized spacial score (nSPS) is 16.4. The lowest BCUT2D eigenvalue weighted by Gasteiger charge is -2.37. The van der Waals surface area contributed by atoms with Gasteiger partial charge in [0.25, 0.3) is 0 Å². The second-order valence-corrected chi connectivity index (χ2v) is 10.8. The molecule has 0 aromatic heterocycles. The van der Waals surface area contributed by atoms with Crippen molar-refractivity contribution in [1.29, 1.82) is 0 Å². The van der Waals surface area contributed by atoms with Crippen molar-refractivity contribution in [1.82, 2.24) is 4.31 Å². The first-order valence-electron chi connectivity index (χ1n) is 11.8. The Morgan fingerprint density at radius 3 is 2.38 bits per heavy atom. The Morgan fingerprint density at radius 2 is 1.65 bits per heavy atom. The molecule has 0 amide bonds. The average molecular weight is 517 g/mol. The number of sulfonamides is 1. The Kier molecular flexibility index (Phi) is 6.78. The molecule has 1 aliphatic heterocycles. The van der Waals surface area contributed by atoms with Crippen LogP contribution in [0.2, 0.25) is 0 Å². The van der Waals surface area contributed by atoms with Crippen molar-refractivity contribution in [3.05, 3.63) is 131 Å². The van der Waals surface area contributed by atoms with Crippen LogP contribution in [0.5, 0.6) is 0 Å². The lowest BCUT2D eigenvalue weighted by atomic mass is 10.1. The van der Waals surface area contributed by atoms with Gasteiger partial charge in [-0.3, -0.25) is 0 Å². The minimum Gasteiger partial charge on any atom is -0.457 e. The van der Waals surface area contributed by atoms with E-state index < -0.39 is 28.0 Å². The summed E-state index contributed by atoms with van der Waals surface area (Å²) in [6.07, 6.45) is -0.734. The molecule has 4 aromatic rings. The van der Waals surface area contributed by atoms with Gasteiger partial charge in [0.05, 0.1) is 11.3 Å². The van der Waals surface area contributed by atoms with Gasteiger partial charge in [0, 0.05) is 6.54 Å². The van der Waals surface area contributed by atoms with Crippen molar-refractivity contribution >= 4 is 21.7 Å². The number of ether oxygens (including phenoxy) is 1. The highest BCUT2D eigenvalue weighted by atomic mass is 32.2. The zero-order valence-corrected chi connectivity index (χ0v) is 20.9. The van der Waals surface area contributed by atoms with Crippen LogP contribution in [0.3, 0.4) is 0 Å². The number of benzene rings is 4. The minimum absolute atomic E-state index is 0.0366. The smallest absolute Gasteiger partial charge is 0.338 e. The van der Waals surface area contributed by atoms with Gasteiger partial charge in [-0.25, -0.2) is 17.6 Å². The molecule has 6 nitrogen and oxygen atoms in total. The fourth-order valence-electron chi connectivity index (χ4n) is 4.33. The molecule has 0 saturated carbocycles. The third kappa shape index (κ3) is 5.26. The Bertz CT molecular complexity index is 1540. The van der Waals surface area contributed by atoms with Crippen molar-refractivity contribution in [3.63, 3.8) is 0 Å². The first kappa shape index (κ1) is 24.7. The number of aryl methyl sites for hydroxylation is 1. The summed E-state index contributed by atoms with van der Waals surface area (Å²) in [7, 11) is -3.87. The average Bonchev–Trinajstić information content (AvgIpc) is 2.90. The number of carbonyl (C=O) groups is 1. The van der Waals surface area contributed by atoms with Gasteiger partial charge in [-0.2, -0.15) is 4.31 Å². The van der Waals surface area contributed by atoms with Crippen LogP contribution in [0.15, 0.2) is 102 Å². The number of rotatable bonds is 6. The molecular formula is C29H25FN2O4S. The van der Waals surface area contributed by atoms with E-state index in [0.717, 1.165) is 11.1 Å². The molecule has 1 N–H and O–H groups in total. The number of nitrogens with zero attached hydrogens (tertiary/aromatic N) is 1. The molecule has 188 valence electrons. The van der Waals surface area contributed by atoms with Gasteiger partial charge in [-0.15, -0.1) is 0 Å². The van der Waals surface area contributed by atoms with E-state index in [-0.39, 0.29) is 18.0 Å². The van der Waals surface area contributed by atoms with Crippen LogP contribution in [-0.4, -0.2) is 18.7 Å². The Labute approximate surface area is 215 Å². The van der Waals surface area contributed by atoms with E-state index in [0.29, 0.717) is 22.4 Å². The number of fused-ring (bicyclic) bond motifs is 1. The summed E-state index contributed by atoms with van der Waals surface area (Å²) in [4.78, 5) is 12.8. The van der Waals surface area contributed by atoms with E-state index in [9.17, 15) is 17.6 Å². The number of halogens is 1. The molecule has 37 heavy (non-hydrogen) atoms. The van der Waals surface area contributed by atoms with Crippen LogP contribution < -0.4 is 5.32 Å². The van der Waals surface area contributed by atoms with E-state index in [1.54, 1.807) is 60.7 Å². The number of hydrogen-bond donors (Lipinski definition) is 1. The van der Waals surface area contributed by atoms with Gasteiger partial charge < -0.3 is 10.1 Å². The molecular weight excluding hydrogens is 491 g/mol. The summed E-state index contributed by atoms with van der Waals surface area (Å²) < 4.78 is 47.5. The molecule has 1 heterocycles. The zero-order chi connectivity index (χ0) is 26.0. The molecule has 0 unspecified atom stereocenters. The number of anilines is 1. The zero-order valence-electron chi connectivity index (χ0n) is 20.1. The monoisotopic (exact) mass is 516 g/mol. The number of para-hydroxylation sites is 1. The van der Waals surface area contributed by atoms with E-state index in [4.69, 9.17) is 4.74 Å². The maximum absolute atomic E-state index is 13.6. The van der Waals surface area contributed by atoms with Crippen LogP contribution in [-0.2, 0) is 27.9 Å². The third-order valence-corrected chi connectivity index (χ3v) is 8.09. The summed E-state index contributed by atoms with van der Waals surface area (Å²) in [5.41, 5.74) is 4.13. The van der Waals surface area contributed by atoms with Crippen molar-refractivity contribution < 1.29 is 22.3 Å². The third-order valence-electron chi connectivity index (χ3n) is 6.22. The molecule has 0 fully saturated rings. The van der Waals surface area contributed by atoms with Gasteiger partial charge in [-0.05, 0) is 60.0 Å². The Morgan fingerprint density at radius 1 is 0.919 bits per heavy atom. The molecule has 1 aliphatic rings. The van der Waals surface area contributed by atoms with E-state index in [1.807, 2.05) is 31.2 Å². The van der Waals surface area contributed by atoms with Gasteiger partial charge in [0.2, 0.25) is 10.0 Å². The number of hydrogen-bond acceptors (Lipinski definition) is 5. The van der Waals surface area contributed by atoms with Crippen LogP contribution in [0, 0.1) is 12.7 Å². The van der Waals surface area contributed by atoms with Crippen LogP contribution in [0.25, 0.3) is 0 Å². The highest BCUT2D eigenvalue weighted by Gasteiger charge is 2.38. The van der Waals surface area contributed by atoms with Crippen molar-refractivity contribution in [2.24, 2.45) is 0 Å². The largest absolute Gasteiger partial charge is 0.457 e. The summed E-state index contributed by atoms with van der Waals surface area (Å²) >= 11 is 0. The molecule has 0 saturated heterocycles. The maximum atomic E-state index is 13.6. The summed E-state index contributed by atoms with van der Waals surface area (Å²) in [5.74, 6) is -0.860. The molecule has 0 radical (unpaired) electrons. The van der Waals surface area contributed by atoms with Crippen molar-refractivity contribution in [2.45, 2.75) is 31.1 Å². The fourth-order valence-corrected chi connectivity index (χ4v) is 6.01. The van der Waals surface area contributed by atoms with Gasteiger partial charge >= 0.3 is 5.97 Å². The maximum Gasteiger partial charge on any atom is 0.338 e. The topological polar surface area (TPSA) is 75.7 Å². The van der Waals surface area contributed by atoms with E-state index in [1.165, 1.54) is 16.4 Å². The lowest BCUT2D eigenvalue weighted by molar-refractivity contribution is 0.0472. The SMILES string of the molecule is Cc1cccc(COC(=O)c2ccc([C@@H]3Nc4ccccc4S(=O)(=O)N3Cc3ccc(F)cc3)cc2)c1. The number of carbonyl (C=O) groups excluding carboxylic acids is 1. The molecule has 8 heteroatoms. The summed E-state index contributed by atoms with van der Waals surface area (Å²) in [6.45, 7) is 2.17. The molecule has 0 bridgehead atoms. The minimum atomic E-state index is -3.87. The second kappa shape index (κ2) is 10.2. The standard InChI is InChI=1S/C29H25FN2O4S/c1-20-5-4-6-22(17-20)19-36-29(33)24-13-11-23(12-14-24)28-31-26-7-2-3-8-27(26)37(34,35)32(28)18-21-9-15-25(30)16-10-21/h2-17,28,31H,18-19H2,1H3/t28-/m1/s1. The van der Waals surface area contributed by atoms with Crippen molar-refractivity contribution in [3.8, 4) is 0 Å². The van der Waals surface area contributed by atoms with Gasteiger partial charge in [0.15, 0.2) is 0 Å². The second-order valence-electron chi connectivity index (χ2n) is 8.91. The van der Waals surface area contributed by atoms with E-state index >= 15 is 0 Å². The molecule has 1 atom stereocenters. The first-order chi connectivity index (χ1) is 17.8. The predicted molar refractivity (Wildman–Crippen MR) is 139 cm³/mol. The Hall–Kier alpha value is -4.01. The molecule has 0 spiro atoms. The fraction of sp³-hybridized carbons (Fsp3) is 0.138. The van der Waals surface area contributed by atoms with Crippen LogP contribution >= 0.6 is 0 Å². The Balaban J connectivity index is 1.41. The van der Waals surface area contributed by atoms with E-state index in [2.05, 4.69) is 5.32 Å². The highest BCUT2D eigenvalue weighted by Crippen LogP contribution is 2.39. The van der Waals surface area contributed by atoms with Gasteiger partial charge in [-0.1, -0.05) is 66.2 Å². The lowest BCUT2D eigenvalue weighted by Crippen LogP contribution is -2.42. The highest BCUT2D eigenvalue weighted by molar-refractivity contribution is 7.89. The first-order valence-corrected chi connectivity index (χ1v) is 13.2. The number of nitrogens with one attached hydrogen (secondary N) is 1. The van der Waals surface area contributed by atoms with Crippen molar-refractivity contribution in [2.75, 3.05) is 5.32 Å². The van der Waals surface area contributed by atoms with Crippen LogP contribution in [0.1, 0.15) is 38.8 Å². The predicted octanol–water partition coefficient (Wildman–Crippen LogP) is 5.81. The summed E-state index contributed by atoms with van der Waals surface area (Å²) in [6, 6.07) is 26.9. The molecule has 0 aliphatic carbocycles. The molecule has 4 aromatic carbocycles. The van der Waals surface area contributed by atoms with Crippen LogP contribution in [0.4, 0.5) is 10.1 Å². The quantitative estimate of drug-likeness (QED) is 0.328.